The Morgan fingerprint density at radius 3 is 2.58 bits per heavy atom. The molecule has 1 aliphatic heterocycles. The van der Waals surface area contributed by atoms with Gasteiger partial charge in [0.15, 0.2) is 17.6 Å². The molecule has 0 radical (unpaired) electrons. The van der Waals surface area contributed by atoms with Gasteiger partial charge in [0.25, 0.3) is 5.91 Å². The van der Waals surface area contributed by atoms with Crippen molar-refractivity contribution in [2.45, 2.75) is 44.7 Å². The third-order valence-electron chi connectivity index (χ3n) is 4.05. The number of amides is 1. The van der Waals surface area contributed by atoms with Crippen molar-refractivity contribution in [3.63, 3.8) is 0 Å². The van der Waals surface area contributed by atoms with Gasteiger partial charge in [0.2, 0.25) is 6.61 Å². The third kappa shape index (κ3) is 8.09. The number of aliphatic hydroxyl groups excluding tert-OH is 1. The molecule has 3 unspecified atom stereocenters. The van der Waals surface area contributed by atoms with Crippen molar-refractivity contribution in [3.8, 4) is 0 Å². The predicted molar refractivity (Wildman–Crippen MR) is 122 cm³/mol. The molecule has 1 aromatic heterocycles. The van der Waals surface area contributed by atoms with Crippen molar-refractivity contribution in [2.24, 2.45) is 10.3 Å². The number of rotatable bonds is 12. The van der Waals surface area contributed by atoms with Gasteiger partial charge in [0.05, 0.1) is 0 Å². The first-order valence-electron chi connectivity index (χ1n) is 9.86. The number of nitrogens with two attached hydrogens (primary N) is 1. The maximum atomic E-state index is 12.4. The number of carboxylic acids is 1. The zero-order valence-corrected chi connectivity index (χ0v) is 20.7. The molecule has 1 aliphatic rings. The number of thiazole rings is 1. The molecular weight excluding hydrogens is 528 g/mol. The molecule has 3 atom stereocenters. The highest BCUT2D eigenvalue weighted by Crippen LogP contribution is 2.25. The fraction of sp³-hybridized carbons (Fsp3) is 0.529. The standard InChI is InChI=1S/C17H24N6O11S2/c1-17(2,3)34-11(26)6-33-22-12(8-7-35-16(18)20-8)14(27)21-13-9(5-32-19-4-10(24)25)23(15(13)28)36(29,30)31/h4,7,9,13-14,21,27H,5-6H2,1-3H3,(H2,18,20)(H,24,25)(H,29,30,31). The molecule has 19 heteroatoms. The number of oxime groups is 2. The highest BCUT2D eigenvalue weighted by atomic mass is 32.2. The highest BCUT2D eigenvalue weighted by molar-refractivity contribution is 7.84. The molecule has 2 heterocycles. The lowest BCUT2D eigenvalue weighted by atomic mass is 9.99. The van der Waals surface area contributed by atoms with E-state index < -0.39 is 65.3 Å². The number of ether oxygens (including phenoxy) is 1. The van der Waals surface area contributed by atoms with Gasteiger partial charge in [0.1, 0.15) is 35.7 Å². The number of anilines is 1. The molecule has 1 fully saturated rings. The maximum Gasteiger partial charge on any atom is 0.362 e. The topological polar surface area (TPSA) is 253 Å². The highest BCUT2D eigenvalue weighted by Gasteiger charge is 2.54. The van der Waals surface area contributed by atoms with E-state index in [0.717, 1.165) is 11.3 Å². The van der Waals surface area contributed by atoms with Crippen LogP contribution in [-0.4, -0.2) is 99.4 Å². The zero-order valence-electron chi connectivity index (χ0n) is 19.1. The molecule has 2 rings (SSSR count). The number of carboxylic acid groups (broad SMARTS) is 1. The number of aromatic nitrogens is 1. The van der Waals surface area contributed by atoms with E-state index in [9.17, 15) is 32.5 Å². The van der Waals surface area contributed by atoms with Crippen LogP contribution in [-0.2, 0) is 39.1 Å². The van der Waals surface area contributed by atoms with Crippen LogP contribution in [0.15, 0.2) is 15.7 Å². The summed E-state index contributed by atoms with van der Waals surface area (Å²) < 4.78 is 37.5. The summed E-state index contributed by atoms with van der Waals surface area (Å²) in [6, 6.07) is -2.90. The Labute approximate surface area is 208 Å². The molecule has 17 nitrogen and oxygen atoms in total. The van der Waals surface area contributed by atoms with Gasteiger partial charge in [-0.3, -0.25) is 14.7 Å². The Balaban J connectivity index is 2.20. The van der Waals surface area contributed by atoms with Crippen LogP contribution in [0.5, 0.6) is 0 Å². The molecule has 0 bridgehead atoms. The van der Waals surface area contributed by atoms with Crippen molar-refractivity contribution in [1.82, 2.24) is 14.6 Å². The summed E-state index contributed by atoms with van der Waals surface area (Å²) in [5.41, 5.74) is 4.51. The smallest absolute Gasteiger partial charge is 0.362 e. The number of carbonyl (C=O) groups excluding carboxylic acids is 2. The van der Waals surface area contributed by atoms with E-state index in [1.165, 1.54) is 5.38 Å². The average Bonchev–Trinajstić information content (AvgIpc) is 3.14. The summed E-state index contributed by atoms with van der Waals surface area (Å²) in [4.78, 5) is 48.3. The van der Waals surface area contributed by atoms with Crippen LogP contribution < -0.4 is 11.1 Å². The average molecular weight is 553 g/mol. The Bertz CT molecular complexity index is 1140. The van der Waals surface area contributed by atoms with E-state index in [1.54, 1.807) is 20.8 Å². The second kappa shape index (κ2) is 11.6. The van der Waals surface area contributed by atoms with Crippen molar-refractivity contribution in [1.29, 1.82) is 0 Å². The van der Waals surface area contributed by atoms with Gasteiger partial charge in [-0.05, 0) is 20.8 Å². The van der Waals surface area contributed by atoms with Gasteiger partial charge < -0.3 is 30.4 Å². The van der Waals surface area contributed by atoms with Crippen LogP contribution in [0.2, 0.25) is 0 Å². The van der Waals surface area contributed by atoms with Gasteiger partial charge in [-0.2, -0.15) is 8.42 Å². The molecule has 36 heavy (non-hydrogen) atoms. The van der Waals surface area contributed by atoms with Gasteiger partial charge in [-0.25, -0.2) is 18.9 Å². The van der Waals surface area contributed by atoms with Gasteiger partial charge in [-0.15, -0.1) is 11.3 Å². The fourth-order valence-electron chi connectivity index (χ4n) is 2.77. The molecular formula is C17H24N6O11S2. The third-order valence-corrected chi connectivity index (χ3v) is 5.67. The van der Waals surface area contributed by atoms with E-state index in [-0.39, 0.29) is 20.8 Å². The van der Waals surface area contributed by atoms with Crippen LogP contribution in [0, 0.1) is 0 Å². The molecule has 0 spiro atoms. The van der Waals surface area contributed by atoms with Crippen LogP contribution in [0.4, 0.5) is 5.13 Å². The SMILES string of the molecule is CC(C)(C)OC(=O)CON=C(c1csc(N)n1)C(O)NC1C(=O)N(S(=O)(=O)O)C1CON=CC(=O)O. The quantitative estimate of drug-likeness (QED) is 0.0477. The minimum absolute atomic E-state index is 0.0129. The number of nitrogens with zero attached hydrogens (tertiary/aromatic N) is 4. The lowest BCUT2D eigenvalue weighted by Crippen LogP contribution is -2.74. The monoisotopic (exact) mass is 552 g/mol. The number of esters is 1. The number of carbonyl (C=O) groups is 3. The van der Waals surface area contributed by atoms with Crippen molar-refractivity contribution >= 4 is 56.5 Å². The first-order chi connectivity index (χ1) is 16.6. The Hall–Kier alpha value is -3.39. The van der Waals surface area contributed by atoms with Crippen molar-refractivity contribution in [3.05, 3.63) is 11.1 Å². The molecule has 1 amide bonds. The molecule has 200 valence electrons. The first-order valence-corrected chi connectivity index (χ1v) is 12.1. The summed E-state index contributed by atoms with van der Waals surface area (Å²) in [5.74, 6) is -3.38. The molecule has 1 aromatic rings. The van der Waals surface area contributed by atoms with E-state index in [4.69, 9.17) is 20.4 Å². The fourth-order valence-corrected chi connectivity index (χ4v) is 4.19. The van der Waals surface area contributed by atoms with Gasteiger partial charge in [-0.1, -0.05) is 10.3 Å². The Morgan fingerprint density at radius 1 is 1.39 bits per heavy atom. The maximum absolute atomic E-state index is 12.4. The summed E-state index contributed by atoms with van der Waals surface area (Å²) in [6.07, 6.45) is -1.46. The molecule has 6 N–H and O–H groups in total. The molecule has 0 saturated carbocycles. The number of β-lactam (4-membered cyclic amide) rings is 1. The molecule has 0 aliphatic carbocycles. The first kappa shape index (κ1) is 28.8. The number of aliphatic hydroxyl groups is 1. The van der Waals surface area contributed by atoms with Gasteiger partial charge >= 0.3 is 22.2 Å². The zero-order chi connectivity index (χ0) is 27.3. The van der Waals surface area contributed by atoms with E-state index >= 15 is 0 Å². The Morgan fingerprint density at radius 2 is 2.06 bits per heavy atom. The largest absolute Gasteiger partial charge is 0.477 e. The van der Waals surface area contributed by atoms with E-state index in [2.05, 4.69) is 25.4 Å². The number of nitrogen functional groups attached to an aromatic ring is 1. The minimum atomic E-state index is -5.01. The second-order valence-electron chi connectivity index (χ2n) is 8.00. The minimum Gasteiger partial charge on any atom is -0.477 e. The summed E-state index contributed by atoms with van der Waals surface area (Å²) >= 11 is 0.986. The van der Waals surface area contributed by atoms with Crippen LogP contribution in [0.1, 0.15) is 26.5 Å². The molecule has 1 saturated heterocycles. The number of hydrogen-bond acceptors (Lipinski definition) is 15. The van der Waals surface area contributed by atoms with Crippen LogP contribution in [0.25, 0.3) is 0 Å². The Kier molecular flexibility index (Phi) is 9.26. The van der Waals surface area contributed by atoms with Crippen LogP contribution >= 0.6 is 11.3 Å². The van der Waals surface area contributed by atoms with Crippen molar-refractivity contribution in [2.75, 3.05) is 18.9 Å². The predicted octanol–water partition coefficient (Wildman–Crippen LogP) is -1.84. The van der Waals surface area contributed by atoms with E-state index in [1.807, 2.05) is 0 Å². The lowest BCUT2D eigenvalue weighted by Gasteiger charge is -2.44. The normalized spacial score (nSPS) is 19.6. The van der Waals surface area contributed by atoms with Gasteiger partial charge in [0, 0.05) is 5.38 Å². The van der Waals surface area contributed by atoms with Crippen LogP contribution in [0.3, 0.4) is 0 Å². The summed E-state index contributed by atoms with van der Waals surface area (Å²) in [5, 5.41) is 29.8. The van der Waals surface area contributed by atoms with Crippen molar-refractivity contribution < 1.29 is 52.0 Å². The summed E-state index contributed by atoms with van der Waals surface area (Å²) in [7, 11) is -5.01. The second-order valence-corrected chi connectivity index (χ2v) is 10.2. The number of nitrogens with one attached hydrogen (secondary N) is 1. The summed E-state index contributed by atoms with van der Waals surface area (Å²) in [6.45, 7) is 3.62. The number of hydrogen-bond donors (Lipinski definition) is 5. The number of aliphatic carboxylic acids is 1. The van der Waals surface area contributed by atoms with E-state index in [0.29, 0.717) is 6.21 Å². The lowest BCUT2D eigenvalue weighted by molar-refractivity contribution is -0.160. The molecule has 0 aromatic carbocycles.